The van der Waals surface area contributed by atoms with E-state index < -0.39 is 53.8 Å². The van der Waals surface area contributed by atoms with Gasteiger partial charge in [0, 0.05) is 12.2 Å². The first-order valence-electron chi connectivity index (χ1n) is 9.16. The molecule has 0 aromatic heterocycles. The molecule has 0 saturated heterocycles. The second-order valence-corrected chi connectivity index (χ2v) is 7.09. The van der Waals surface area contributed by atoms with Crippen LogP contribution in [0.1, 0.15) is 40.0 Å². The average Bonchev–Trinajstić information content (AvgIpc) is 2.66. The van der Waals surface area contributed by atoms with Crippen LogP contribution >= 0.6 is 12.6 Å². The van der Waals surface area contributed by atoms with E-state index in [0.29, 0.717) is 6.42 Å². The number of rotatable bonds is 13. The normalized spacial score (nSPS) is 15.9. The van der Waals surface area contributed by atoms with Crippen molar-refractivity contribution in [1.82, 2.24) is 16.0 Å². The van der Waals surface area contributed by atoms with Gasteiger partial charge in [0.25, 0.3) is 0 Å². The van der Waals surface area contributed by atoms with Gasteiger partial charge in [-0.05, 0) is 19.3 Å². The Morgan fingerprint density at radius 2 is 1.55 bits per heavy atom. The first-order chi connectivity index (χ1) is 13.4. The maximum absolute atomic E-state index is 12.3. The molecular formula is C17H30N4O7S. The minimum absolute atomic E-state index is 0.0939. The van der Waals surface area contributed by atoms with Crippen LogP contribution in [0.15, 0.2) is 0 Å². The number of aliphatic carboxylic acids is 2. The fourth-order valence-electron chi connectivity index (χ4n) is 2.22. The van der Waals surface area contributed by atoms with E-state index in [1.54, 1.807) is 13.8 Å². The molecule has 0 aromatic rings. The third-order valence-electron chi connectivity index (χ3n) is 4.35. The SMILES string of the molecule is CCC(C)C(NC(=O)C(CS)NC(=O)C(C)NC(=O)C(N)CCC(=O)O)C(=O)O. The Bertz CT molecular complexity index is 617. The first kappa shape index (κ1) is 26.7. The largest absolute Gasteiger partial charge is 0.481 e. The lowest BCUT2D eigenvalue weighted by Gasteiger charge is -2.24. The molecule has 29 heavy (non-hydrogen) atoms. The van der Waals surface area contributed by atoms with Crippen molar-refractivity contribution in [3.8, 4) is 0 Å². The Morgan fingerprint density at radius 3 is 2.00 bits per heavy atom. The zero-order valence-electron chi connectivity index (χ0n) is 16.7. The van der Waals surface area contributed by atoms with Gasteiger partial charge in [-0.3, -0.25) is 19.2 Å². The molecule has 0 heterocycles. The Kier molecular flexibility index (Phi) is 11.9. The van der Waals surface area contributed by atoms with Crippen molar-refractivity contribution < 1.29 is 34.2 Å². The molecule has 11 nitrogen and oxygen atoms in total. The maximum Gasteiger partial charge on any atom is 0.326 e. The fraction of sp³-hybridized carbons (Fsp3) is 0.706. The van der Waals surface area contributed by atoms with Crippen LogP contribution in [0.2, 0.25) is 0 Å². The zero-order valence-corrected chi connectivity index (χ0v) is 17.6. The molecule has 0 rings (SSSR count). The third-order valence-corrected chi connectivity index (χ3v) is 4.72. The molecule has 0 fully saturated rings. The predicted molar refractivity (Wildman–Crippen MR) is 107 cm³/mol. The molecular weight excluding hydrogens is 404 g/mol. The van der Waals surface area contributed by atoms with E-state index in [-0.39, 0.29) is 24.5 Å². The van der Waals surface area contributed by atoms with Gasteiger partial charge in [-0.25, -0.2) is 4.79 Å². The van der Waals surface area contributed by atoms with Crippen molar-refractivity contribution in [3.05, 3.63) is 0 Å². The predicted octanol–water partition coefficient (Wildman–Crippen LogP) is -1.29. The summed E-state index contributed by atoms with van der Waals surface area (Å²) < 4.78 is 0. The standard InChI is InChI=1S/C17H30N4O7S/c1-4-8(2)13(17(27)28)21-16(26)11(7-29)20-14(24)9(3)19-15(25)10(18)5-6-12(22)23/h8-11,13,29H,4-7,18H2,1-3H3,(H,19,25)(H,20,24)(H,21,26)(H,22,23)(H,27,28). The molecule has 166 valence electrons. The van der Waals surface area contributed by atoms with E-state index in [0.717, 1.165) is 0 Å². The smallest absolute Gasteiger partial charge is 0.326 e. The number of hydrogen-bond donors (Lipinski definition) is 7. The molecule has 0 spiro atoms. The van der Waals surface area contributed by atoms with Crippen molar-refractivity contribution in [3.63, 3.8) is 0 Å². The molecule has 0 aromatic carbocycles. The second kappa shape index (κ2) is 13.0. The van der Waals surface area contributed by atoms with Gasteiger partial charge < -0.3 is 31.9 Å². The van der Waals surface area contributed by atoms with Gasteiger partial charge in [-0.15, -0.1) is 0 Å². The summed E-state index contributed by atoms with van der Waals surface area (Å²) >= 11 is 4.01. The summed E-state index contributed by atoms with van der Waals surface area (Å²) in [6, 6.07) is -4.39. The summed E-state index contributed by atoms with van der Waals surface area (Å²) in [6.45, 7) is 4.83. The van der Waals surface area contributed by atoms with Crippen LogP contribution in [0, 0.1) is 5.92 Å². The number of amides is 3. The highest BCUT2D eigenvalue weighted by Gasteiger charge is 2.30. The van der Waals surface area contributed by atoms with Crippen LogP contribution in [-0.4, -0.2) is 69.8 Å². The van der Waals surface area contributed by atoms with Gasteiger partial charge in [-0.2, -0.15) is 12.6 Å². The number of carbonyl (C=O) groups is 5. The molecule has 7 N–H and O–H groups in total. The van der Waals surface area contributed by atoms with Gasteiger partial charge >= 0.3 is 11.9 Å². The van der Waals surface area contributed by atoms with Gasteiger partial charge in [-0.1, -0.05) is 20.3 Å². The van der Waals surface area contributed by atoms with Crippen LogP contribution in [-0.2, 0) is 24.0 Å². The van der Waals surface area contributed by atoms with Crippen molar-refractivity contribution in [2.24, 2.45) is 11.7 Å². The Balaban J connectivity index is 4.83. The molecule has 0 bridgehead atoms. The van der Waals surface area contributed by atoms with Crippen molar-refractivity contribution in [2.45, 2.75) is 64.2 Å². The number of carboxylic acids is 2. The minimum atomic E-state index is -1.19. The molecule has 12 heteroatoms. The van der Waals surface area contributed by atoms with Crippen LogP contribution in [0.3, 0.4) is 0 Å². The zero-order chi connectivity index (χ0) is 22.7. The summed E-state index contributed by atoms with van der Waals surface area (Å²) in [5.41, 5.74) is 5.58. The number of hydrogen-bond acceptors (Lipinski definition) is 7. The van der Waals surface area contributed by atoms with Gasteiger partial charge in [0.15, 0.2) is 0 Å². The molecule has 0 aliphatic carbocycles. The topological polar surface area (TPSA) is 188 Å². The Labute approximate surface area is 174 Å². The van der Waals surface area contributed by atoms with Gasteiger partial charge in [0.2, 0.25) is 17.7 Å². The molecule has 5 atom stereocenters. The first-order valence-corrected chi connectivity index (χ1v) is 9.79. The molecule has 0 aliphatic rings. The van der Waals surface area contributed by atoms with E-state index >= 15 is 0 Å². The Morgan fingerprint density at radius 1 is 0.966 bits per heavy atom. The van der Waals surface area contributed by atoms with Gasteiger partial charge in [0.1, 0.15) is 18.1 Å². The average molecular weight is 435 g/mol. The highest BCUT2D eigenvalue weighted by molar-refractivity contribution is 7.80. The van der Waals surface area contributed by atoms with E-state index in [9.17, 15) is 29.1 Å². The Hall–Kier alpha value is -2.34. The number of carboxylic acid groups (broad SMARTS) is 2. The number of nitrogens with two attached hydrogens (primary N) is 1. The van der Waals surface area contributed by atoms with E-state index in [1.807, 2.05) is 0 Å². The molecule has 3 amide bonds. The molecule has 5 unspecified atom stereocenters. The molecule has 0 aliphatic heterocycles. The summed E-state index contributed by atoms with van der Waals surface area (Å²) in [5, 5.41) is 25.0. The van der Waals surface area contributed by atoms with Crippen molar-refractivity contribution in [1.29, 1.82) is 0 Å². The monoisotopic (exact) mass is 434 g/mol. The summed E-state index contributed by atoms with van der Waals surface area (Å²) in [5.74, 6) is -4.82. The number of carbonyl (C=O) groups excluding carboxylic acids is 3. The summed E-state index contributed by atoms with van der Waals surface area (Å²) in [7, 11) is 0. The lowest BCUT2D eigenvalue weighted by atomic mass is 9.99. The minimum Gasteiger partial charge on any atom is -0.481 e. The van der Waals surface area contributed by atoms with Crippen LogP contribution < -0.4 is 21.7 Å². The number of thiol groups is 1. The maximum atomic E-state index is 12.3. The van der Waals surface area contributed by atoms with E-state index in [2.05, 4.69) is 28.6 Å². The van der Waals surface area contributed by atoms with E-state index in [4.69, 9.17) is 10.8 Å². The summed E-state index contributed by atoms with van der Waals surface area (Å²) in [4.78, 5) is 58.4. The third kappa shape index (κ3) is 9.61. The second-order valence-electron chi connectivity index (χ2n) is 6.72. The lowest BCUT2D eigenvalue weighted by Crippen LogP contribution is -2.57. The molecule has 0 saturated carbocycles. The molecule has 0 radical (unpaired) electrons. The quantitative estimate of drug-likeness (QED) is 0.174. The van der Waals surface area contributed by atoms with Crippen LogP contribution in [0.4, 0.5) is 0 Å². The highest BCUT2D eigenvalue weighted by atomic mass is 32.1. The summed E-state index contributed by atoms with van der Waals surface area (Å²) in [6.07, 6.45) is 0.141. The van der Waals surface area contributed by atoms with Gasteiger partial charge in [0.05, 0.1) is 6.04 Å². The van der Waals surface area contributed by atoms with Crippen LogP contribution in [0.25, 0.3) is 0 Å². The fourth-order valence-corrected chi connectivity index (χ4v) is 2.48. The van der Waals surface area contributed by atoms with E-state index in [1.165, 1.54) is 6.92 Å². The lowest BCUT2D eigenvalue weighted by molar-refractivity contribution is -0.143. The van der Waals surface area contributed by atoms with Crippen LogP contribution in [0.5, 0.6) is 0 Å². The number of nitrogens with one attached hydrogen (secondary N) is 3. The van der Waals surface area contributed by atoms with Crippen molar-refractivity contribution in [2.75, 3.05) is 5.75 Å². The highest BCUT2D eigenvalue weighted by Crippen LogP contribution is 2.08. The van der Waals surface area contributed by atoms with Crippen molar-refractivity contribution >= 4 is 42.3 Å².